The van der Waals surface area contributed by atoms with Crippen LogP contribution in [0.15, 0.2) is 18.2 Å². The Morgan fingerprint density at radius 3 is 1.78 bits per heavy atom. The van der Waals surface area contributed by atoms with E-state index in [0.29, 0.717) is 38.5 Å². The summed E-state index contributed by atoms with van der Waals surface area (Å²) in [7, 11) is 0. The summed E-state index contributed by atoms with van der Waals surface area (Å²) in [6, 6.07) is 4.86. The average molecular weight is 508 g/mol. The second-order valence-electron chi connectivity index (χ2n) is 11.7. The first-order chi connectivity index (χ1) is 16.4. The molecular formula is C25H45N7O4. The van der Waals surface area contributed by atoms with Gasteiger partial charge in [0, 0.05) is 43.8 Å². The van der Waals surface area contributed by atoms with E-state index in [4.69, 9.17) is 4.74 Å². The molecule has 5 amide bonds. The van der Waals surface area contributed by atoms with Gasteiger partial charge in [-0.05, 0) is 74.4 Å². The maximum absolute atomic E-state index is 12.1. The summed E-state index contributed by atoms with van der Waals surface area (Å²) < 4.78 is 5.29. The molecule has 1 aromatic rings. The largest absolute Gasteiger partial charge is 0.444 e. The maximum atomic E-state index is 12.1. The van der Waals surface area contributed by atoms with E-state index in [1.54, 1.807) is 32.9 Å². The van der Waals surface area contributed by atoms with Crippen molar-refractivity contribution in [3.63, 3.8) is 0 Å². The van der Waals surface area contributed by atoms with Gasteiger partial charge in [0.15, 0.2) is 0 Å². The molecule has 5 N–H and O–H groups in total. The van der Waals surface area contributed by atoms with Crippen molar-refractivity contribution in [2.45, 2.75) is 85.5 Å². The SMILES string of the molecule is CC(C)(C)NC(=O)NCCN(CCNC(=O)NC(C)(C)C)Cc1cccc(NC(=O)OC(C)(C)C)n1. The van der Waals surface area contributed by atoms with Crippen molar-refractivity contribution in [2.24, 2.45) is 0 Å². The molecule has 0 spiro atoms. The third kappa shape index (κ3) is 15.8. The lowest BCUT2D eigenvalue weighted by atomic mass is 10.1. The molecule has 0 saturated heterocycles. The molecule has 0 radical (unpaired) electrons. The number of hydrogen-bond acceptors (Lipinski definition) is 6. The molecule has 11 nitrogen and oxygen atoms in total. The van der Waals surface area contributed by atoms with Crippen LogP contribution in [0.1, 0.15) is 68.0 Å². The topological polar surface area (TPSA) is 137 Å². The number of ether oxygens (including phenoxy) is 1. The summed E-state index contributed by atoms with van der Waals surface area (Å²) in [6.07, 6.45) is -0.577. The van der Waals surface area contributed by atoms with E-state index >= 15 is 0 Å². The lowest BCUT2D eigenvalue weighted by Crippen LogP contribution is -2.49. The minimum Gasteiger partial charge on any atom is -0.444 e. The number of nitrogens with zero attached hydrogens (tertiary/aromatic N) is 2. The Kier molecular flexibility index (Phi) is 11.4. The van der Waals surface area contributed by atoms with Crippen LogP contribution in [0.25, 0.3) is 0 Å². The molecule has 0 aliphatic rings. The fourth-order valence-electron chi connectivity index (χ4n) is 2.97. The van der Waals surface area contributed by atoms with Crippen molar-refractivity contribution in [3.8, 4) is 0 Å². The van der Waals surface area contributed by atoms with Gasteiger partial charge in [-0.25, -0.2) is 19.4 Å². The summed E-state index contributed by atoms with van der Waals surface area (Å²) in [6.45, 7) is 19.2. The van der Waals surface area contributed by atoms with E-state index in [1.807, 2.05) is 47.6 Å². The van der Waals surface area contributed by atoms with Crippen LogP contribution in [0.3, 0.4) is 0 Å². The van der Waals surface area contributed by atoms with Crippen LogP contribution in [0.2, 0.25) is 0 Å². The van der Waals surface area contributed by atoms with E-state index in [1.165, 1.54) is 0 Å². The molecule has 0 bridgehead atoms. The van der Waals surface area contributed by atoms with Crippen molar-refractivity contribution in [1.82, 2.24) is 31.2 Å². The highest BCUT2D eigenvalue weighted by molar-refractivity contribution is 5.83. The summed E-state index contributed by atoms with van der Waals surface area (Å²) in [5, 5.41) is 14.1. The lowest BCUT2D eigenvalue weighted by molar-refractivity contribution is 0.0635. The molecule has 0 aliphatic carbocycles. The lowest BCUT2D eigenvalue weighted by Gasteiger charge is -2.25. The van der Waals surface area contributed by atoms with Crippen LogP contribution in [0.4, 0.5) is 20.2 Å². The van der Waals surface area contributed by atoms with Crippen molar-refractivity contribution in [3.05, 3.63) is 23.9 Å². The summed E-state index contributed by atoms with van der Waals surface area (Å²) in [5.74, 6) is 0.382. The molecule has 11 heteroatoms. The van der Waals surface area contributed by atoms with Crippen molar-refractivity contribution in [2.75, 3.05) is 31.5 Å². The first kappa shape index (κ1) is 31.0. The predicted octanol–water partition coefficient (Wildman–Crippen LogP) is 3.43. The second-order valence-corrected chi connectivity index (χ2v) is 11.7. The fourth-order valence-corrected chi connectivity index (χ4v) is 2.97. The molecule has 0 atom stereocenters. The standard InChI is InChI=1S/C25H45N7O4/c1-23(2,3)30-20(33)26-13-15-32(16-14-27-21(34)31-24(4,5)6)17-18-11-10-12-19(28-18)29-22(35)36-25(7,8)9/h10-12H,13-17H2,1-9H3,(H2,26,30,33)(H2,27,31,34)(H,28,29,35). The third-order valence-electron chi connectivity index (χ3n) is 4.23. The quantitative estimate of drug-likeness (QED) is 0.347. The minimum atomic E-state index is -0.614. The van der Waals surface area contributed by atoms with Crippen LogP contribution in [-0.4, -0.2) is 70.9 Å². The van der Waals surface area contributed by atoms with E-state index in [-0.39, 0.29) is 23.1 Å². The molecule has 36 heavy (non-hydrogen) atoms. The highest BCUT2D eigenvalue weighted by Crippen LogP contribution is 2.11. The molecule has 0 fully saturated rings. The summed E-state index contributed by atoms with van der Waals surface area (Å²) >= 11 is 0. The van der Waals surface area contributed by atoms with Crippen LogP contribution >= 0.6 is 0 Å². The minimum absolute atomic E-state index is 0.244. The molecule has 0 aliphatic heterocycles. The van der Waals surface area contributed by atoms with Gasteiger partial charge in [0.05, 0.1) is 5.69 Å². The normalized spacial score (nSPS) is 12.1. The maximum Gasteiger partial charge on any atom is 0.413 e. The first-order valence-electron chi connectivity index (χ1n) is 12.2. The highest BCUT2D eigenvalue weighted by atomic mass is 16.6. The number of nitrogens with one attached hydrogen (secondary N) is 5. The Morgan fingerprint density at radius 2 is 1.33 bits per heavy atom. The Balaban J connectivity index is 2.78. The number of rotatable bonds is 9. The van der Waals surface area contributed by atoms with Crippen molar-refractivity contribution in [1.29, 1.82) is 0 Å². The number of amides is 5. The van der Waals surface area contributed by atoms with E-state index in [0.717, 1.165) is 5.69 Å². The number of aromatic nitrogens is 1. The zero-order chi connectivity index (χ0) is 27.6. The zero-order valence-electron chi connectivity index (χ0n) is 23.3. The zero-order valence-corrected chi connectivity index (χ0v) is 23.3. The fraction of sp³-hybridized carbons (Fsp3) is 0.680. The molecule has 1 aromatic heterocycles. The van der Waals surface area contributed by atoms with Crippen LogP contribution in [-0.2, 0) is 11.3 Å². The summed E-state index contributed by atoms with van der Waals surface area (Å²) in [4.78, 5) is 42.9. The molecule has 1 heterocycles. The number of urea groups is 2. The van der Waals surface area contributed by atoms with Gasteiger partial charge in [-0.15, -0.1) is 0 Å². The van der Waals surface area contributed by atoms with E-state index in [9.17, 15) is 14.4 Å². The molecule has 0 saturated carbocycles. The molecule has 0 unspecified atom stereocenters. The predicted molar refractivity (Wildman–Crippen MR) is 142 cm³/mol. The highest BCUT2D eigenvalue weighted by Gasteiger charge is 2.18. The van der Waals surface area contributed by atoms with Gasteiger partial charge >= 0.3 is 18.2 Å². The number of hydrogen-bond donors (Lipinski definition) is 5. The van der Waals surface area contributed by atoms with Gasteiger partial charge in [0.25, 0.3) is 0 Å². The van der Waals surface area contributed by atoms with Crippen LogP contribution in [0.5, 0.6) is 0 Å². The van der Waals surface area contributed by atoms with Gasteiger partial charge in [-0.3, -0.25) is 10.2 Å². The van der Waals surface area contributed by atoms with Gasteiger partial charge in [-0.2, -0.15) is 0 Å². The number of carbonyl (C=O) groups is 3. The van der Waals surface area contributed by atoms with Crippen molar-refractivity contribution < 1.29 is 19.1 Å². The van der Waals surface area contributed by atoms with E-state index < -0.39 is 11.7 Å². The Bertz CT molecular complexity index is 836. The number of carbonyl (C=O) groups excluding carboxylic acids is 3. The van der Waals surface area contributed by atoms with Gasteiger partial charge < -0.3 is 26.0 Å². The van der Waals surface area contributed by atoms with Gasteiger partial charge in [0.2, 0.25) is 0 Å². The Labute approximate surface area is 215 Å². The van der Waals surface area contributed by atoms with Gasteiger partial charge in [-0.1, -0.05) is 6.07 Å². The number of anilines is 1. The molecule has 1 rings (SSSR count). The Morgan fingerprint density at radius 1 is 0.833 bits per heavy atom. The summed E-state index contributed by atoms with van der Waals surface area (Å²) in [5.41, 5.74) is -0.558. The monoisotopic (exact) mass is 507 g/mol. The van der Waals surface area contributed by atoms with E-state index in [2.05, 4.69) is 36.5 Å². The number of pyridine rings is 1. The molecule has 0 aromatic carbocycles. The second kappa shape index (κ2) is 13.3. The van der Waals surface area contributed by atoms with Gasteiger partial charge in [0.1, 0.15) is 11.4 Å². The molecular weight excluding hydrogens is 462 g/mol. The first-order valence-corrected chi connectivity index (χ1v) is 12.2. The Hall–Kier alpha value is -3.08. The van der Waals surface area contributed by atoms with Crippen LogP contribution in [0, 0.1) is 0 Å². The third-order valence-corrected chi connectivity index (χ3v) is 4.23. The average Bonchev–Trinajstić information content (AvgIpc) is 2.63. The van der Waals surface area contributed by atoms with Crippen molar-refractivity contribution >= 4 is 24.0 Å². The van der Waals surface area contributed by atoms with Crippen LogP contribution < -0.4 is 26.6 Å². The smallest absolute Gasteiger partial charge is 0.413 e. The molecule has 204 valence electrons.